The summed E-state index contributed by atoms with van der Waals surface area (Å²) < 4.78 is 27.3. The first-order valence-corrected chi connectivity index (χ1v) is 8.45. The zero-order chi connectivity index (χ0) is 17.3. The van der Waals surface area contributed by atoms with Crippen molar-refractivity contribution in [1.82, 2.24) is 4.90 Å². The van der Waals surface area contributed by atoms with Gasteiger partial charge in [0.15, 0.2) is 11.6 Å². The lowest BCUT2D eigenvalue weighted by atomic mass is 9.97. The van der Waals surface area contributed by atoms with Crippen LogP contribution in [0.4, 0.5) is 8.78 Å². The monoisotopic (exact) mass is 337 g/mol. The first-order chi connectivity index (χ1) is 11.5. The molecule has 2 fully saturated rings. The largest absolute Gasteiger partial charge is 0.481 e. The molecule has 0 aromatic heterocycles. The molecule has 6 heteroatoms. The number of nitrogens with zero attached hydrogens (tertiary/aromatic N) is 1. The quantitative estimate of drug-likeness (QED) is 0.897. The van der Waals surface area contributed by atoms with Crippen LogP contribution in [0.1, 0.15) is 50.0 Å². The van der Waals surface area contributed by atoms with Gasteiger partial charge >= 0.3 is 5.97 Å². The smallest absolute Gasteiger partial charge is 0.303 e. The van der Waals surface area contributed by atoms with Gasteiger partial charge in [-0.1, -0.05) is 12.1 Å². The van der Waals surface area contributed by atoms with E-state index in [0.29, 0.717) is 19.4 Å². The Morgan fingerprint density at radius 1 is 1.25 bits per heavy atom. The second-order valence-corrected chi connectivity index (χ2v) is 6.71. The molecule has 1 aromatic rings. The molecule has 24 heavy (non-hydrogen) atoms. The average Bonchev–Trinajstić information content (AvgIpc) is 3.35. The number of halogens is 2. The number of aliphatic carboxylic acids is 1. The second-order valence-electron chi connectivity index (χ2n) is 6.71. The number of carboxylic acid groups (broad SMARTS) is 1. The standard InChI is InChI=1S/C18H21F2NO3/c19-15-6-3-5-12(17(15)20)13-10-14(13)18(24)21-9-2-1-4-11(21)7-8-16(22)23/h3,5-6,11,13-14H,1-2,4,7-10H2,(H,22,23)/t11-,13+,14+/m0/s1. The van der Waals surface area contributed by atoms with Gasteiger partial charge in [0.05, 0.1) is 0 Å². The Morgan fingerprint density at radius 3 is 2.79 bits per heavy atom. The first-order valence-electron chi connectivity index (χ1n) is 8.45. The summed E-state index contributed by atoms with van der Waals surface area (Å²) in [7, 11) is 0. The molecule has 0 bridgehead atoms. The molecule has 4 nitrogen and oxygen atoms in total. The summed E-state index contributed by atoms with van der Waals surface area (Å²) in [6, 6.07) is 4.02. The number of piperidine rings is 1. The number of rotatable bonds is 5. The number of carbonyl (C=O) groups excluding carboxylic acids is 1. The Morgan fingerprint density at radius 2 is 2.04 bits per heavy atom. The molecule has 1 saturated heterocycles. The van der Waals surface area contributed by atoms with Gasteiger partial charge in [0.25, 0.3) is 0 Å². The number of carboxylic acids is 1. The molecule has 1 aliphatic heterocycles. The van der Waals surface area contributed by atoms with Crippen molar-refractivity contribution in [3.8, 4) is 0 Å². The molecule has 0 unspecified atom stereocenters. The van der Waals surface area contributed by atoms with Crippen LogP contribution in [-0.2, 0) is 9.59 Å². The lowest BCUT2D eigenvalue weighted by molar-refractivity contribution is -0.140. The van der Waals surface area contributed by atoms with E-state index in [9.17, 15) is 18.4 Å². The third-order valence-electron chi connectivity index (χ3n) is 5.09. The minimum absolute atomic E-state index is 0.0427. The maximum atomic E-state index is 13.9. The van der Waals surface area contributed by atoms with Gasteiger partial charge in [-0.2, -0.15) is 0 Å². The Hall–Kier alpha value is -1.98. The SMILES string of the molecule is O=C(O)CC[C@@H]1CCCCN1C(=O)[C@@H]1C[C@@H]1c1cccc(F)c1F. The first kappa shape index (κ1) is 16.9. The van der Waals surface area contributed by atoms with Crippen LogP contribution in [0.3, 0.4) is 0 Å². The molecule has 1 N–H and O–H groups in total. The van der Waals surface area contributed by atoms with Gasteiger partial charge in [-0.15, -0.1) is 0 Å². The van der Waals surface area contributed by atoms with E-state index in [-0.39, 0.29) is 35.8 Å². The summed E-state index contributed by atoms with van der Waals surface area (Å²) in [5, 5.41) is 8.86. The second kappa shape index (κ2) is 6.87. The van der Waals surface area contributed by atoms with Gasteiger partial charge in [0.1, 0.15) is 0 Å². The molecule has 130 valence electrons. The number of likely N-dealkylation sites (tertiary alicyclic amines) is 1. The van der Waals surface area contributed by atoms with Gasteiger partial charge in [-0.05, 0) is 49.7 Å². The Kier molecular flexibility index (Phi) is 4.83. The van der Waals surface area contributed by atoms with Crippen molar-refractivity contribution >= 4 is 11.9 Å². The minimum atomic E-state index is -0.886. The molecule has 0 radical (unpaired) electrons. The van der Waals surface area contributed by atoms with Gasteiger partial charge in [-0.3, -0.25) is 9.59 Å². The fourth-order valence-electron chi connectivity index (χ4n) is 3.71. The number of hydrogen-bond acceptors (Lipinski definition) is 2. The van der Waals surface area contributed by atoms with Crippen LogP contribution in [0.15, 0.2) is 18.2 Å². The molecule has 0 spiro atoms. The summed E-state index contributed by atoms with van der Waals surface area (Å²) in [5.74, 6) is -3.23. The highest BCUT2D eigenvalue weighted by Gasteiger charge is 2.48. The van der Waals surface area contributed by atoms with Crippen LogP contribution < -0.4 is 0 Å². The van der Waals surface area contributed by atoms with E-state index < -0.39 is 17.6 Å². The third-order valence-corrected chi connectivity index (χ3v) is 5.09. The highest BCUT2D eigenvalue weighted by atomic mass is 19.2. The fraction of sp³-hybridized carbons (Fsp3) is 0.556. The normalized spacial score (nSPS) is 26.2. The van der Waals surface area contributed by atoms with Crippen molar-refractivity contribution < 1.29 is 23.5 Å². The average molecular weight is 337 g/mol. The van der Waals surface area contributed by atoms with E-state index in [1.807, 2.05) is 0 Å². The zero-order valence-corrected chi connectivity index (χ0v) is 13.4. The molecule has 1 heterocycles. The van der Waals surface area contributed by atoms with E-state index in [0.717, 1.165) is 25.3 Å². The van der Waals surface area contributed by atoms with Crippen LogP contribution >= 0.6 is 0 Å². The van der Waals surface area contributed by atoms with Crippen LogP contribution in [0.25, 0.3) is 0 Å². The van der Waals surface area contributed by atoms with Crippen LogP contribution in [0.5, 0.6) is 0 Å². The summed E-state index contributed by atoms with van der Waals surface area (Å²) in [6.45, 7) is 0.623. The molecule has 1 aliphatic carbocycles. The molecule has 1 saturated carbocycles. The fourth-order valence-corrected chi connectivity index (χ4v) is 3.71. The van der Waals surface area contributed by atoms with E-state index in [1.165, 1.54) is 12.1 Å². The summed E-state index contributed by atoms with van der Waals surface area (Å²) in [6.07, 6.45) is 3.72. The Labute approximate surface area is 139 Å². The Bertz CT molecular complexity index is 649. The predicted octanol–water partition coefficient (Wildman–Crippen LogP) is 3.31. The van der Waals surface area contributed by atoms with Crippen LogP contribution in [-0.4, -0.2) is 34.5 Å². The molecule has 2 aliphatic rings. The number of benzene rings is 1. The molecular formula is C18H21F2NO3. The van der Waals surface area contributed by atoms with Crippen molar-refractivity contribution in [3.05, 3.63) is 35.4 Å². The summed E-state index contributed by atoms with van der Waals surface area (Å²) in [4.78, 5) is 25.3. The number of carbonyl (C=O) groups is 2. The van der Waals surface area contributed by atoms with Crippen LogP contribution in [0.2, 0.25) is 0 Å². The van der Waals surface area contributed by atoms with E-state index in [4.69, 9.17) is 5.11 Å². The van der Waals surface area contributed by atoms with Crippen LogP contribution in [0, 0.1) is 17.6 Å². The zero-order valence-electron chi connectivity index (χ0n) is 13.4. The highest BCUT2D eigenvalue weighted by Crippen LogP contribution is 2.50. The Balaban J connectivity index is 1.67. The summed E-state index contributed by atoms with van der Waals surface area (Å²) in [5.41, 5.74) is 0.271. The number of hydrogen-bond donors (Lipinski definition) is 1. The highest BCUT2D eigenvalue weighted by molar-refractivity contribution is 5.83. The van der Waals surface area contributed by atoms with Crippen molar-refractivity contribution in [2.45, 2.75) is 50.5 Å². The molecule has 3 rings (SSSR count). The topological polar surface area (TPSA) is 57.6 Å². The summed E-state index contributed by atoms with van der Waals surface area (Å²) >= 11 is 0. The molecule has 1 aromatic carbocycles. The maximum Gasteiger partial charge on any atom is 0.303 e. The lowest BCUT2D eigenvalue weighted by Gasteiger charge is -2.36. The van der Waals surface area contributed by atoms with E-state index >= 15 is 0 Å². The van der Waals surface area contributed by atoms with Crippen molar-refractivity contribution in [2.75, 3.05) is 6.54 Å². The lowest BCUT2D eigenvalue weighted by Crippen LogP contribution is -2.44. The van der Waals surface area contributed by atoms with Gasteiger partial charge in [0.2, 0.25) is 5.91 Å². The third kappa shape index (κ3) is 3.42. The van der Waals surface area contributed by atoms with Crippen molar-refractivity contribution in [1.29, 1.82) is 0 Å². The van der Waals surface area contributed by atoms with Gasteiger partial charge < -0.3 is 10.0 Å². The van der Waals surface area contributed by atoms with E-state index in [1.54, 1.807) is 4.90 Å². The molecule has 3 atom stereocenters. The minimum Gasteiger partial charge on any atom is -0.481 e. The number of amides is 1. The van der Waals surface area contributed by atoms with Crippen molar-refractivity contribution in [3.63, 3.8) is 0 Å². The van der Waals surface area contributed by atoms with Crippen molar-refractivity contribution in [2.24, 2.45) is 5.92 Å². The van der Waals surface area contributed by atoms with Gasteiger partial charge in [-0.25, -0.2) is 8.78 Å². The van der Waals surface area contributed by atoms with Gasteiger partial charge in [0, 0.05) is 24.9 Å². The molecule has 1 amide bonds. The van der Waals surface area contributed by atoms with E-state index in [2.05, 4.69) is 0 Å². The maximum absolute atomic E-state index is 13.9. The predicted molar refractivity (Wildman–Crippen MR) is 83.4 cm³/mol. The molecular weight excluding hydrogens is 316 g/mol.